The van der Waals surface area contributed by atoms with Crippen LogP contribution in [0, 0.1) is 0 Å². The quantitative estimate of drug-likeness (QED) is 0.00988. The summed E-state index contributed by atoms with van der Waals surface area (Å²) in [7, 11) is -16.2. The fourth-order valence-electron chi connectivity index (χ4n) is 16.7. The lowest BCUT2D eigenvalue weighted by molar-refractivity contribution is 0.404. The zero-order chi connectivity index (χ0) is 96.9. The smallest absolute Gasteiger partial charge is 0.537 e. The molecule has 0 aliphatic rings. The lowest BCUT2D eigenvalue weighted by Gasteiger charge is -2.37. The van der Waals surface area contributed by atoms with Crippen molar-refractivity contribution in [2.24, 2.45) is 0 Å². The Morgan fingerprint density at radius 2 is 0.296 bits per heavy atom. The summed E-state index contributed by atoms with van der Waals surface area (Å²) >= 11 is 0. The van der Waals surface area contributed by atoms with E-state index in [9.17, 15) is 121 Å². The van der Waals surface area contributed by atoms with Crippen molar-refractivity contribution in [1.29, 1.82) is 0 Å². The topological polar surface area (TPSA) is 574 Å². The summed E-state index contributed by atoms with van der Waals surface area (Å²) in [5, 5.41) is 266. The molecule has 43 heteroatoms. The molecule has 0 unspecified atom stereocenters. The maximum atomic E-state index is 9.82. The highest BCUT2D eigenvalue weighted by molar-refractivity contribution is 7.20. The molecule has 0 fully saturated rings. The summed E-state index contributed by atoms with van der Waals surface area (Å²) in [6, 6.07) is 90.5. The first kappa shape index (κ1) is 99.1. The minimum atomic E-state index is -3.14. The molecule has 135 heavy (non-hydrogen) atoms. The maximum absolute atomic E-state index is 9.82. The highest BCUT2D eigenvalue weighted by atomic mass is 28.3. The molecule has 16 rings (SSSR count). The summed E-state index contributed by atoms with van der Waals surface area (Å²) in [6.45, 7) is 0. The zero-order valence-electron chi connectivity index (χ0n) is 70.9. The second kappa shape index (κ2) is 43.3. The van der Waals surface area contributed by atoms with Gasteiger partial charge in [-0.3, -0.25) is 0 Å². The lowest BCUT2D eigenvalue weighted by atomic mass is 9.63. The van der Waals surface area contributed by atoms with Gasteiger partial charge in [0.15, 0.2) is 42.6 Å². The van der Waals surface area contributed by atoms with Crippen LogP contribution in [0.2, 0.25) is 0 Å². The van der Waals surface area contributed by atoms with E-state index in [1.165, 1.54) is 36.4 Å². The Morgan fingerprint density at radius 3 is 0.430 bits per heavy atom. The molecule has 0 spiro atoms. The van der Waals surface area contributed by atoms with Crippen molar-refractivity contribution in [3.63, 3.8) is 0 Å². The standard InChI is InChI=1S/2C25H23B4O8.C24H23B4O8Si.C18H12O6/c2*30-26-37-24-15-7-20(8-16-24)25(17-1-9-21(10-2-17)27(31)32,18-3-11-22(12-4-18)28(33)34)19-5-13-23(14-6-19)29(35)36;29-25-36-20-7-15-24(16-8-20)37(21-9-1-17(2-10-21)26(30)31,22-11-3-18(4-12-22)27(32)33)23-13-5-19(6-14-23)28(34)35;19-13-1-7-8(2-14(13)20)10-4-17(23)18(24)6-12(10)11-5-16(22)15(21)3-9(7)11/h2*1-16,30-36H;1-16,29-35H;1-6,19-24H. The Kier molecular flexibility index (Phi) is 31.8. The lowest BCUT2D eigenvalue weighted by Crippen LogP contribution is -2.75. The number of rotatable bonds is 27. The number of hydrogen-bond donors (Lipinski definition) is 27. The van der Waals surface area contributed by atoms with Gasteiger partial charge in [0.25, 0.3) is 0 Å². The second-order valence-corrected chi connectivity index (χ2v) is 34.9. The SMILES string of the molecule is O[B]Oc1ccc(C(c2ccc(B(O)O)cc2)(c2ccc(B(O)O)cc2)c2ccc(B(O)O)cc2)cc1.O[B]Oc1ccc(C(c2ccc(B(O)O)cc2)(c2ccc(B(O)O)cc2)c2ccc(B(O)O)cc2)cc1.O[B]Oc1ccc([Si](c2ccc(B(O)O)cc2)(c2ccc(B(O)O)cc2)c2ccc(B(O)O)cc2)cc1.Oc1cc2c3cc(O)c(O)cc3c3cc(O)c(O)cc3c2cc1O. The van der Waals surface area contributed by atoms with Crippen molar-refractivity contribution in [3.8, 4) is 51.7 Å². The minimum absolute atomic E-state index is 0.303. The number of benzene rings is 16. The summed E-state index contributed by atoms with van der Waals surface area (Å²) in [5.74, 6) is -0.787. The molecule has 0 aromatic heterocycles. The monoisotopic (exact) mass is 1830 g/mol. The molecular formula is C92H81B12O30Si. The second-order valence-electron chi connectivity index (χ2n) is 31.1. The van der Waals surface area contributed by atoms with Gasteiger partial charge in [-0.25, -0.2) is 0 Å². The molecule has 16 aromatic carbocycles. The molecule has 30 nitrogen and oxygen atoms in total. The molecule has 0 saturated carbocycles. The van der Waals surface area contributed by atoms with Gasteiger partial charge in [0.2, 0.25) is 0 Å². The van der Waals surface area contributed by atoms with Gasteiger partial charge in [-0.05, 0) is 220 Å². The predicted molar refractivity (Wildman–Crippen MR) is 523 cm³/mol. The Bertz CT molecular complexity index is 5550. The number of hydrogen-bond acceptors (Lipinski definition) is 30. The largest absolute Gasteiger partial charge is 0.569 e. The average molecular weight is 1820 g/mol. The van der Waals surface area contributed by atoms with Crippen LogP contribution >= 0.6 is 0 Å². The van der Waals surface area contributed by atoms with E-state index in [0.717, 1.165) is 65.3 Å². The third kappa shape index (κ3) is 21.1. The molecule has 669 valence electrons. The van der Waals surface area contributed by atoms with Gasteiger partial charge in [-0.15, -0.1) is 0 Å². The third-order valence-corrected chi connectivity index (χ3v) is 28.2. The van der Waals surface area contributed by atoms with E-state index in [1.54, 1.807) is 218 Å². The van der Waals surface area contributed by atoms with E-state index in [1.807, 2.05) is 72.8 Å². The molecule has 3 radical (unpaired) electrons. The van der Waals surface area contributed by atoms with Crippen molar-refractivity contribution in [3.05, 3.63) is 372 Å². The molecule has 0 saturated heterocycles. The fraction of sp³-hybridized carbons (Fsp3) is 0.0217. The Hall–Kier alpha value is -13.3. The van der Waals surface area contributed by atoms with Gasteiger partial charge in [0.05, 0.1) is 28.1 Å². The fourth-order valence-corrected chi connectivity index (χ4v) is 21.4. The van der Waals surface area contributed by atoms with Gasteiger partial charge < -0.3 is 150 Å². The first-order chi connectivity index (χ1) is 64.7. The Morgan fingerprint density at radius 1 is 0.178 bits per heavy atom. The summed E-state index contributed by atoms with van der Waals surface area (Å²) in [4.78, 5) is 0. The van der Waals surface area contributed by atoms with Crippen LogP contribution in [-0.4, -0.2) is 231 Å². The van der Waals surface area contributed by atoms with Gasteiger partial charge in [0, 0.05) is 0 Å². The van der Waals surface area contributed by atoms with Crippen LogP contribution in [0.5, 0.6) is 51.7 Å². The Balaban J connectivity index is 0.000000154. The van der Waals surface area contributed by atoms with Gasteiger partial charge >= 0.3 is 87.1 Å². The maximum Gasteiger partial charge on any atom is 0.569 e. The van der Waals surface area contributed by atoms with Crippen molar-refractivity contribution in [2.75, 3.05) is 0 Å². The number of phenolic OH excluding ortho intramolecular Hbond substituents is 6. The van der Waals surface area contributed by atoms with Gasteiger partial charge in [-0.2, -0.15) is 0 Å². The van der Waals surface area contributed by atoms with E-state index in [2.05, 4.69) is 0 Å². The molecule has 0 aliphatic carbocycles. The minimum Gasteiger partial charge on any atom is -0.537 e. The van der Waals surface area contributed by atoms with Crippen molar-refractivity contribution in [1.82, 2.24) is 0 Å². The number of fused-ring (bicyclic) bond motifs is 6. The summed E-state index contributed by atoms with van der Waals surface area (Å²) < 4.78 is 15.3. The predicted octanol–water partition coefficient (Wildman–Crippen LogP) is -5.58. The van der Waals surface area contributed by atoms with Crippen LogP contribution in [0.3, 0.4) is 0 Å². The van der Waals surface area contributed by atoms with Crippen molar-refractivity contribution < 1.29 is 150 Å². The van der Waals surface area contributed by atoms with Crippen LogP contribution in [0.15, 0.2) is 328 Å². The van der Waals surface area contributed by atoms with Crippen LogP contribution < -0.4 is 83.9 Å². The molecule has 27 N–H and O–H groups in total. The molecule has 0 heterocycles. The summed E-state index contributed by atoms with van der Waals surface area (Å²) in [6.07, 6.45) is 0. The normalized spacial score (nSPS) is 11.2. The van der Waals surface area contributed by atoms with E-state index in [0.29, 0.717) is 122 Å². The van der Waals surface area contributed by atoms with E-state index >= 15 is 0 Å². The Labute approximate surface area is 777 Å². The highest BCUT2D eigenvalue weighted by Gasteiger charge is 2.44. The molecule has 16 aromatic rings. The van der Waals surface area contributed by atoms with E-state index in [-0.39, 0.29) is 34.5 Å². The first-order valence-corrected chi connectivity index (χ1v) is 43.3. The molecule has 0 aliphatic heterocycles. The third-order valence-electron chi connectivity index (χ3n) is 23.4. The van der Waals surface area contributed by atoms with Crippen LogP contribution in [-0.2, 0) is 10.8 Å². The zero-order valence-corrected chi connectivity index (χ0v) is 71.9. The van der Waals surface area contributed by atoms with Gasteiger partial charge in [-0.1, -0.05) is 255 Å². The molecular weight excluding hydrogens is 1740 g/mol. The molecule has 0 bridgehead atoms. The van der Waals surface area contributed by atoms with Crippen molar-refractivity contribution >= 4 is 197 Å². The number of aromatic hydroxyl groups is 6. The van der Waals surface area contributed by atoms with Gasteiger partial charge in [0.1, 0.15) is 0 Å². The highest BCUT2D eigenvalue weighted by Crippen LogP contribution is 2.49. The van der Waals surface area contributed by atoms with Crippen LogP contribution in [0.1, 0.15) is 44.5 Å². The first-order valence-electron chi connectivity index (χ1n) is 41.3. The van der Waals surface area contributed by atoms with E-state index in [4.69, 9.17) is 29.0 Å². The van der Waals surface area contributed by atoms with Crippen molar-refractivity contribution in [2.45, 2.75) is 10.8 Å². The van der Waals surface area contributed by atoms with Crippen LogP contribution in [0.4, 0.5) is 0 Å². The molecule has 0 atom stereocenters. The number of phenols is 6. The summed E-state index contributed by atoms with van der Waals surface area (Å²) in [5.41, 5.74) is 6.77. The van der Waals surface area contributed by atoms with Crippen LogP contribution in [0.25, 0.3) is 32.3 Å². The van der Waals surface area contributed by atoms with E-state index < -0.39 is 83.0 Å². The average Bonchev–Trinajstić information content (AvgIpc) is 0.745. The molecule has 0 amide bonds.